The molecule has 0 amide bonds. The number of hydrogen-bond donors (Lipinski definition) is 1. The van der Waals surface area contributed by atoms with Crippen LogP contribution in [0.5, 0.6) is 0 Å². The summed E-state index contributed by atoms with van der Waals surface area (Å²) in [5, 5.41) is 8.02. The van der Waals surface area contributed by atoms with Gasteiger partial charge in [-0.3, -0.25) is 0 Å². The number of nitrogens with two attached hydrogens (primary N) is 1. The van der Waals surface area contributed by atoms with Crippen molar-refractivity contribution < 1.29 is 12.8 Å². The Balaban J connectivity index is 1.74. The summed E-state index contributed by atoms with van der Waals surface area (Å²) in [5.74, 6) is 0.749. The molecule has 0 atom stereocenters. The summed E-state index contributed by atoms with van der Waals surface area (Å²) in [5.41, 5.74) is 4.82. The van der Waals surface area contributed by atoms with Gasteiger partial charge in [0.25, 0.3) is 0 Å². The first-order valence-electron chi connectivity index (χ1n) is 8.16. The summed E-state index contributed by atoms with van der Waals surface area (Å²) in [4.78, 5) is 4.79. The maximum absolute atomic E-state index is 11.5. The van der Waals surface area contributed by atoms with E-state index in [4.69, 9.17) is 14.5 Å². The van der Waals surface area contributed by atoms with Crippen molar-refractivity contribution in [3.05, 3.63) is 65.5 Å². The van der Waals surface area contributed by atoms with E-state index in [2.05, 4.69) is 10.6 Å². The monoisotopic (exact) mass is 399 g/mol. The minimum atomic E-state index is -3.71. The zero-order chi connectivity index (χ0) is 19.2. The van der Waals surface area contributed by atoms with Gasteiger partial charge in [0, 0.05) is 28.0 Å². The zero-order valence-electron chi connectivity index (χ0n) is 14.7. The number of rotatable bonds is 4. The van der Waals surface area contributed by atoms with Crippen molar-refractivity contribution in [3.63, 3.8) is 0 Å². The summed E-state index contributed by atoms with van der Waals surface area (Å²) in [6, 6.07) is 12.3. The third-order valence-electron chi connectivity index (χ3n) is 4.37. The highest BCUT2D eigenvalue weighted by Gasteiger charge is 2.16. The van der Waals surface area contributed by atoms with Gasteiger partial charge in [0.2, 0.25) is 10.0 Å². The highest BCUT2D eigenvalue weighted by atomic mass is 32.2. The minimum Gasteiger partial charge on any atom is -0.462 e. The van der Waals surface area contributed by atoms with Gasteiger partial charge in [0.05, 0.1) is 16.9 Å². The predicted octanol–water partition coefficient (Wildman–Crippen LogP) is 4.13. The van der Waals surface area contributed by atoms with E-state index in [0.29, 0.717) is 0 Å². The topological polar surface area (TPSA) is 91.1 Å². The summed E-state index contributed by atoms with van der Waals surface area (Å²) < 4.78 is 30.4. The standard InChI is InChI=1S/C19H17N3O3S2/c1-12-10-16(17-11-26-19(21-17)18-4-3-9-25-18)13(2)22(12)14-5-7-15(8-6-14)27(20,23)24/h3-11H,1-2H3,(H2,20,23,24). The van der Waals surface area contributed by atoms with Crippen molar-refractivity contribution in [1.82, 2.24) is 9.55 Å². The Morgan fingerprint density at radius 3 is 2.52 bits per heavy atom. The largest absolute Gasteiger partial charge is 0.462 e. The molecule has 0 spiro atoms. The van der Waals surface area contributed by atoms with Crippen molar-refractivity contribution in [2.24, 2.45) is 5.14 Å². The van der Waals surface area contributed by atoms with Crippen LogP contribution < -0.4 is 5.14 Å². The van der Waals surface area contributed by atoms with Gasteiger partial charge in [-0.25, -0.2) is 18.5 Å². The highest BCUT2D eigenvalue weighted by molar-refractivity contribution is 7.89. The lowest BCUT2D eigenvalue weighted by Gasteiger charge is -2.10. The highest BCUT2D eigenvalue weighted by Crippen LogP contribution is 2.33. The first-order valence-corrected chi connectivity index (χ1v) is 10.6. The van der Waals surface area contributed by atoms with E-state index in [1.807, 2.05) is 31.4 Å². The van der Waals surface area contributed by atoms with E-state index in [0.717, 1.165) is 39.1 Å². The second-order valence-corrected chi connectivity index (χ2v) is 8.59. The normalized spacial score (nSPS) is 11.8. The average molecular weight is 399 g/mol. The molecule has 0 saturated heterocycles. The quantitative estimate of drug-likeness (QED) is 0.559. The number of thiazole rings is 1. The van der Waals surface area contributed by atoms with Gasteiger partial charge >= 0.3 is 0 Å². The van der Waals surface area contributed by atoms with E-state index < -0.39 is 10.0 Å². The third kappa shape index (κ3) is 3.23. The molecule has 6 nitrogen and oxygen atoms in total. The van der Waals surface area contributed by atoms with E-state index in [9.17, 15) is 8.42 Å². The Kier molecular flexibility index (Phi) is 4.26. The van der Waals surface area contributed by atoms with Crippen molar-refractivity contribution in [2.45, 2.75) is 18.7 Å². The van der Waals surface area contributed by atoms with Gasteiger partial charge in [-0.05, 0) is 56.3 Å². The molecule has 0 aliphatic rings. The van der Waals surface area contributed by atoms with Crippen LogP contribution in [0.25, 0.3) is 27.7 Å². The summed E-state index contributed by atoms with van der Waals surface area (Å²) in [7, 11) is -3.71. The molecule has 0 unspecified atom stereocenters. The first kappa shape index (κ1) is 17.7. The van der Waals surface area contributed by atoms with E-state index in [-0.39, 0.29) is 4.90 Å². The average Bonchev–Trinajstić information content (AvgIpc) is 3.34. The van der Waals surface area contributed by atoms with Crippen LogP contribution in [-0.4, -0.2) is 18.0 Å². The van der Waals surface area contributed by atoms with Gasteiger partial charge in [0.1, 0.15) is 0 Å². The van der Waals surface area contributed by atoms with Crippen molar-refractivity contribution in [1.29, 1.82) is 0 Å². The van der Waals surface area contributed by atoms with E-state index in [1.165, 1.54) is 23.5 Å². The molecule has 4 rings (SSSR count). The Hall–Kier alpha value is -2.68. The molecular formula is C19H17N3O3S2. The molecule has 2 N–H and O–H groups in total. The SMILES string of the molecule is Cc1cc(-c2csc(-c3ccco3)n2)c(C)n1-c1ccc(S(N)(=O)=O)cc1. The van der Waals surface area contributed by atoms with Crippen molar-refractivity contribution in [2.75, 3.05) is 0 Å². The molecule has 1 aromatic carbocycles. The van der Waals surface area contributed by atoms with Crippen LogP contribution >= 0.6 is 11.3 Å². The number of aromatic nitrogens is 2. The molecule has 3 aromatic heterocycles. The van der Waals surface area contributed by atoms with Gasteiger partial charge < -0.3 is 8.98 Å². The van der Waals surface area contributed by atoms with Gasteiger partial charge in [-0.1, -0.05) is 0 Å². The number of benzene rings is 1. The van der Waals surface area contributed by atoms with Gasteiger partial charge in [-0.2, -0.15) is 0 Å². The molecule has 8 heteroatoms. The van der Waals surface area contributed by atoms with Crippen LogP contribution in [-0.2, 0) is 10.0 Å². The lowest BCUT2D eigenvalue weighted by molar-refractivity contribution is 0.582. The summed E-state index contributed by atoms with van der Waals surface area (Å²) in [6.07, 6.45) is 1.63. The Labute approximate surface area is 161 Å². The van der Waals surface area contributed by atoms with Crippen LogP contribution in [0.4, 0.5) is 0 Å². The number of sulfonamides is 1. The summed E-state index contributed by atoms with van der Waals surface area (Å²) in [6.45, 7) is 4.02. The van der Waals surface area contributed by atoms with Crippen LogP contribution in [0.1, 0.15) is 11.4 Å². The Morgan fingerprint density at radius 2 is 1.89 bits per heavy atom. The van der Waals surface area contributed by atoms with E-state index in [1.54, 1.807) is 18.4 Å². The smallest absolute Gasteiger partial charge is 0.238 e. The van der Waals surface area contributed by atoms with Gasteiger partial charge in [0.15, 0.2) is 10.8 Å². The molecule has 27 heavy (non-hydrogen) atoms. The number of nitrogens with zero attached hydrogens (tertiary/aromatic N) is 2. The minimum absolute atomic E-state index is 0.0940. The first-order chi connectivity index (χ1) is 12.8. The molecule has 0 aliphatic heterocycles. The van der Waals surface area contributed by atoms with Crippen molar-refractivity contribution in [3.8, 4) is 27.7 Å². The molecule has 138 valence electrons. The lowest BCUT2D eigenvalue weighted by Crippen LogP contribution is -2.12. The number of hydrogen-bond acceptors (Lipinski definition) is 5. The fourth-order valence-corrected chi connectivity index (χ4v) is 4.42. The summed E-state index contributed by atoms with van der Waals surface area (Å²) >= 11 is 1.53. The number of furan rings is 1. The Morgan fingerprint density at radius 1 is 1.15 bits per heavy atom. The Bertz CT molecular complexity index is 1200. The second-order valence-electron chi connectivity index (χ2n) is 6.17. The predicted molar refractivity (Wildman–Crippen MR) is 105 cm³/mol. The number of aryl methyl sites for hydroxylation is 1. The fourth-order valence-electron chi connectivity index (χ4n) is 3.12. The maximum Gasteiger partial charge on any atom is 0.238 e. The molecule has 0 bridgehead atoms. The maximum atomic E-state index is 11.5. The fraction of sp³-hybridized carbons (Fsp3) is 0.105. The molecule has 0 saturated carbocycles. The van der Waals surface area contributed by atoms with Crippen LogP contribution in [0.3, 0.4) is 0 Å². The van der Waals surface area contributed by atoms with Crippen LogP contribution in [0.15, 0.2) is 63.4 Å². The third-order valence-corrected chi connectivity index (χ3v) is 6.15. The lowest BCUT2D eigenvalue weighted by atomic mass is 10.2. The molecule has 0 fully saturated rings. The van der Waals surface area contributed by atoms with Crippen LogP contribution in [0.2, 0.25) is 0 Å². The number of primary sulfonamides is 1. The van der Waals surface area contributed by atoms with Crippen molar-refractivity contribution >= 4 is 21.4 Å². The van der Waals surface area contributed by atoms with E-state index >= 15 is 0 Å². The molecule has 3 heterocycles. The van der Waals surface area contributed by atoms with Gasteiger partial charge in [-0.15, -0.1) is 11.3 Å². The molecule has 0 aliphatic carbocycles. The zero-order valence-corrected chi connectivity index (χ0v) is 16.3. The molecule has 0 radical (unpaired) electrons. The van der Waals surface area contributed by atoms with Crippen LogP contribution in [0, 0.1) is 13.8 Å². The second kappa shape index (κ2) is 6.49. The molecular weight excluding hydrogens is 382 g/mol. The molecule has 4 aromatic rings.